The van der Waals surface area contributed by atoms with Gasteiger partial charge in [-0.1, -0.05) is 19.1 Å². The number of esters is 1. The molecule has 1 aromatic carbocycles. The van der Waals surface area contributed by atoms with Crippen LogP contribution in [0.4, 0.5) is 0 Å². The smallest absolute Gasteiger partial charge is 0.305 e. The van der Waals surface area contributed by atoms with Crippen LogP contribution >= 0.6 is 0 Å². The Bertz CT molecular complexity index is 399. The van der Waals surface area contributed by atoms with Crippen LogP contribution in [-0.4, -0.2) is 20.2 Å². The van der Waals surface area contributed by atoms with E-state index in [4.69, 9.17) is 4.74 Å². The molecule has 0 saturated heterocycles. The fraction of sp³-hybridized carbons (Fsp3) is 0.533. The summed E-state index contributed by atoms with van der Waals surface area (Å²) in [5.74, 6) is 1.17. The van der Waals surface area contributed by atoms with Crippen LogP contribution in [0, 0.1) is 6.92 Å². The summed E-state index contributed by atoms with van der Waals surface area (Å²) in [6.07, 6.45) is 2.27. The normalized spacial score (nSPS) is 12.0. The predicted molar refractivity (Wildman–Crippen MR) is 72.0 cm³/mol. The molecular formula is C15H22O3. The number of carbonyl (C=O) groups excluding carboxylic acids is 1. The summed E-state index contributed by atoms with van der Waals surface area (Å²) in [5, 5.41) is 0. The largest absolute Gasteiger partial charge is 0.496 e. The highest BCUT2D eigenvalue weighted by molar-refractivity contribution is 5.69. The fourth-order valence-electron chi connectivity index (χ4n) is 2.04. The van der Waals surface area contributed by atoms with Crippen molar-refractivity contribution in [3.63, 3.8) is 0 Å². The van der Waals surface area contributed by atoms with Gasteiger partial charge in [0.25, 0.3) is 0 Å². The van der Waals surface area contributed by atoms with E-state index in [1.54, 1.807) is 7.11 Å². The predicted octanol–water partition coefficient (Wildman–Crippen LogP) is 3.45. The summed E-state index contributed by atoms with van der Waals surface area (Å²) in [4.78, 5) is 11.1. The molecule has 0 spiro atoms. The zero-order chi connectivity index (χ0) is 13.5. The number of carbonyl (C=O) groups is 1. The van der Waals surface area contributed by atoms with E-state index in [9.17, 15) is 4.79 Å². The first kappa shape index (κ1) is 14.6. The molecule has 0 bridgehead atoms. The number of methoxy groups -OCH3 is 2. The quantitative estimate of drug-likeness (QED) is 0.725. The number of hydrogen-bond acceptors (Lipinski definition) is 3. The summed E-state index contributed by atoms with van der Waals surface area (Å²) in [7, 11) is 3.12. The Kier molecular flexibility index (Phi) is 5.69. The first-order valence-electron chi connectivity index (χ1n) is 6.29. The van der Waals surface area contributed by atoms with Crippen molar-refractivity contribution in [3.8, 4) is 5.75 Å². The highest BCUT2D eigenvalue weighted by Gasteiger charge is 2.12. The van der Waals surface area contributed by atoms with Crippen LogP contribution in [0.25, 0.3) is 0 Å². The number of aryl methyl sites for hydroxylation is 1. The molecule has 1 atom stereocenters. The summed E-state index contributed by atoms with van der Waals surface area (Å²) in [6, 6.07) is 6.25. The first-order chi connectivity index (χ1) is 8.58. The molecule has 0 aliphatic carbocycles. The van der Waals surface area contributed by atoms with E-state index in [0.717, 1.165) is 18.6 Å². The van der Waals surface area contributed by atoms with E-state index < -0.39 is 0 Å². The van der Waals surface area contributed by atoms with Crippen molar-refractivity contribution >= 4 is 5.97 Å². The van der Waals surface area contributed by atoms with Gasteiger partial charge >= 0.3 is 5.97 Å². The molecule has 0 fully saturated rings. The van der Waals surface area contributed by atoms with Gasteiger partial charge in [-0.05, 0) is 42.9 Å². The standard InChI is InChI=1S/C15H22O3/c1-11-8-9-13(14(10-11)17-3)12(2)6-5-7-15(16)18-4/h8-10,12H,5-7H2,1-4H3/t12-/m0/s1. The van der Waals surface area contributed by atoms with Gasteiger partial charge in [-0.3, -0.25) is 4.79 Å². The van der Waals surface area contributed by atoms with Gasteiger partial charge < -0.3 is 9.47 Å². The van der Waals surface area contributed by atoms with E-state index in [-0.39, 0.29) is 5.97 Å². The molecule has 1 rings (SSSR count). The lowest BCUT2D eigenvalue weighted by atomic mass is 9.94. The van der Waals surface area contributed by atoms with Gasteiger partial charge in [0.1, 0.15) is 5.75 Å². The molecule has 0 heterocycles. The van der Waals surface area contributed by atoms with Crippen LogP contribution in [0.5, 0.6) is 5.75 Å². The Morgan fingerprint density at radius 3 is 2.67 bits per heavy atom. The molecule has 0 radical (unpaired) electrons. The van der Waals surface area contributed by atoms with Crippen LogP contribution in [0.15, 0.2) is 18.2 Å². The Labute approximate surface area is 109 Å². The Morgan fingerprint density at radius 1 is 1.33 bits per heavy atom. The molecule has 3 heteroatoms. The molecular weight excluding hydrogens is 228 g/mol. The Balaban J connectivity index is 2.60. The van der Waals surface area contributed by atoms with Crippen LogP contribution in [0.1, 0.15) is 43.2 Å². The van der Waals surface area contributed by atoms with Gasteiger partial charge in [-0.2, -0.15) is 0 Å². The van der Waals surface area contributed by atoms with E-state index in [2.05, 4.69) is 23.8 Å². The maximum atomic E-state index is 11.1. The van der Waals surface area contributed by atoms with E-state index in [1.807, 2.05) is 13.0 Å². The first-order valence-corrected chi connectivity index (χ1v) is 6.29. The van der Waals surface area contributed by atoms with Crippen molar-refractivity contribution in [2.45, 2.75) is 39.0 Å². The summed E-state index contributed by atoms with van der Waals surface area (Å²) in [6.45, 7) is 4.21. The van der Waals surface area contributed by atoms with Gasteiger partial charge in [0.15, 0.2) is 0 Å². The average molecular weight is 250 g/mol. The lowest BCUT2D eigenvalue weighted by Crippen LogP contribution is -2.02. The van der Waals surface area contributed by atoms with Gasteiger partial charge in [0, 0.05) is 6.42 Å². The number of hydrogen-bond donors (Lipinski definition) is 0. The molecule has 0 aromatic heterocycles. The van der Waals surface area contributed by atoms with Gasteiger partial charge in [0.05, 0.1) is 14.2 Å². The zero-order valence-corrected chi connectivity index (χ0v) is 11.7. The van der Waals surface area contributed by atoms with Crippen LogP contribution < -0.4 is 4.74 Å². The minimum absolute atomic E-state index is 0.141. The minimum Gasteiger partial charge on any atom is -0.496 e. The molecule has 0 aliphatic heterocycles. The maximum absolute atomic E-state index is 11.1. The molecule has 3 nitrogen and oxygen atoms in total. The SMILES string of the molecule is COC(=O)CCC[C@H](C)c1ccc(C)cc1OC. The summed E-state index contributed by atoms with van der Waals surface area (Å²) >= 11 is 0. The monoisotopic (exact) mass is 250 g/mol. The van der Waals surface area contributed by atoms with E-state index >= 15 is 0 Å². The maximum Gasteiger partial charge on any atom is 0.305 e. The van der Waals surface area contributed by atoms with Crippen molar-refractivity contribution in [1.82, 2.24) is 0 Å². The third-order valence-corrected chi connectivity index (χ3v) is 3.17. The number of benzene rings is 1. The molecule has 18 heavy (non-hydrogen) atoms. The van der Waals surface area contributed by atoms with Crippen LogP contribution in [-0.2, 0) is 9.53 Å². The molecule has 0 aliphatic rings. The van der Waals surface area contributed by atoms with Crippen LogP contribution in [0.2, 0.25) is 0 Å². The third-order valence-electron chi connectivity index (χ3n) is 3.17. The zero-order valence-electron chi connectivity index (χ0n) is 11.7. The lowest BCUT2D eigenvalue weighted by Gasteiger charge is -2.16. The highest BCUT2D eigenvalue weighted by atomic mass is 16.5. The molecule has 0 saturated carbocycles. The molecule has 1 aromatic rings. The molecule has 0 amide bonds. The van der Waals surface area contributed by atoms with Crippen molar-refractivity contribution in [2.75, 3.05) is 14.2 Å². The van der Waals surface area contributed by atoms with Crippen molar-refractivity contribution in [3.05, 3.63) is 29.3 Å². The van der Waals surface area contributed by atoms with Crippen molar-refractivity contribution in [1.29, 1.82) is 0 Å². The number of rotatable bonds is 6. The third kappa shape index (κ3) is 4.06. The van der Waals surface area contributed by atoms with E-state index in [0.29, 0.717) is 12.3 Å². The van der Waals surface area contributed by atoms with Gasteiger partial charge in [0.2, 0.25) is 0 Å². The second-order valence-electron chi connectivity index (χ2n) is 4.61. The topological polar surface area (TPSA) is 35.5 Å². The average Bonchev–Trinajstić information content (AvgIpc) is 2.37. The molecule has 0 N–H and O–H groups in total. The molecule has 0 unspecified atom stereocenters. The Hall–Kier alpha value is -1.51. The van der Waals surface area contributed by atoms with E-state index in [1.165, 1.54) is 18.2 Å². The number of ether oxygens (including phenoxy) is 2. The van der Waals surface area contributed by atoms with Crippen molar-refractivity contribution < 1.29 is 14.3 Å². The second-order valence-corrected chi connectivity index (χ2v) is 4.61. The fourth-order valence-corrected chi connectivity index (χ4v) is 2.04. The minimum atomic E-state index is -0.141. The van der Waals surface area contributed by atoms with Gasteiger partial charge in [-0.15, -0.1) is 0 Å². The lowest BCUT2D eigenvalue weighted by molar-refractivity contribution is -0.140. The van der Waals surface area contributed by atoms with Gasteiger partial charge in [-0.25, -0.2) is 0 Å². The second kappa shape index (κ2) is 7.04. The summed E-state index contributed by atoms with van der Waals surface area (Å²) < 4.78 is 10.0. The Morgan fingerprint density at radius 2 is 2.06 bits per heavy atom. The van der Waals surface area contributed by atoms with Crippen LogP contribution in [0.3, 0.4) is 0 Å². The van der Waals surface area contributed by atoms with Crippen molar-refractivity contribution in [2.24, 2.45) is 0 Å². The highest BCUT2D eigenvalue weighted by Crippen LogP contribution is 2.30. The molecule has 100 valence electrons. The summed E-state index contributed by atoms with van der Waals surface area (Å²) in [5.41, 5.74) is 2.39.